The quantitative estimate of drug-likeness (QED) is 0.444. The van der Waals surface area contributed by atoms with Gasteiger partial charge in [0.1, 0.15) is 0 Å². The minimum Gasteiger partial charge on any atom is -0.0817 e. The Bertz CT molecular complexity index is 142. The van der Waals surface area contributed by atoms with Crippen molar-refractivity contribution in [3.05, 3.63) is 11.1 Å². The molecule has 1 aromatic rings. The molecule has 0 aliphatic heterocycles. The zero-order valence-electron chi connectivity index (χ0n) is 4.38. The fraction of sp³-hybridized carbons (Fsp3) is 0.500. The van der Waals surface area contributed by atoms with Crippen LogP contribution in [0.3, 0.4) is 0 Å². The summed E-state index contributed by atoms with van der Waals surface area (Å²) < 4.78 is 5.78. The van der Waals surface area contributed by atoms with Gasteiger partial charge >= 0.3 is 0 Å². The third-order valence-corrected chi connectivity index (χ3v) is 1.41. The van der Waals surface area contributed by atoms with E-state index in [4.69, 9.17) is 0 Å². The van der Waals surface area contributed by atoms with E-state index < -0.39 is 0 Å². The maximum Gasteiger partial charge on any atom is 0.211 e. The van der Waals surface area contributed by atoms with Crippen LogP contribution in [0.2, 0.25) is 0 Å². The summed E-state index contributed by atoms with van der Waals surface area (Å²) >= 11 is 1.52. The number of nitrogens with zero attached hydrogens (tertiary/aromatic N) is 2. The first kappa shape index (κ1) is 4.71. The van der Waals surface area contributed by atoms with Crippen LogP contribution in [0.15, 0.2) is 6.20 Å². The second-order valence-corrected chi connectivity index (χ2v) is 2.48. The molecule has 0 fully saturated rings. The van der Waals surface area contributed by atoms with Crippen LogP contribution in [-0.4, -0.2) is 4.49 Å². The monoisotopic (exact) mass is 115 g/mol. The minimum absolute atomic E-state index is 1.25. The van der Waals surface area contributed by atoms with Crippen molar-refractivity contribution in [3.63, 3.8) is 0 Å². The van der Waals surface area contributed by atoms with Crippen LogP contribution in [0, 0.1) is 6.92 Å². The Balaban J connectivity index is 3.04. The normalized spacial score (nSPS) is 9.43. The fourth-order valence-electron chi connectivity index (χ4n) is 0.439. The number of hydrogen-bond donors (Lipinski definition) is 0. The molecule has 38 valence electrons. The SMILES string of the molecule is Cc1c[n+](C)ns1. The van der Waals surface area contributed by atoms with E-state index in [1.165, 1.54) is 16.4 Å². The van der Waals surface area contributed by atoms with E-state index in [2.05, 4.69) is 4.49 Å². The zero-order chi connectivity index (χ0) is 5.28. The van der Waals surface area contributed by atoms with Gasteiger partial charge < -0.3 is 0 Å². The maximum atomic E-state index is 3.97. The van der Waals surface area contributed by atoms with Gasteiger partial charge in [-0.15, -0.1) is 0 Å². The second kappa shape index (κ2) is 1.58. The van der Waals surface area contributed by atoms with E-state index >= 15 is 0 Å². The lowest BCUT2D eigenvalue weighted by Gasteiger charge is -1.61. The van der Waals surface area contributed by atoms with Crippen LogP contribution in [0.4, 0.5) is 0 Å². The molecule has 1 heterocycles. The lowest BCUT2D eigenvalue weighted by molar-refractivity contribution is -0.723. The van der Waals surface area contributed by atoms with Gasteiger partial charge in [-0.3, -0.25) is 0 Å². The number of aromatic nitrogens is 2. The molecule has 3 heteroatoms. The Morgan fingerprint density at radius 1 is 1.86 bits per heavy atom. The van der Waals surface area contributed by atoms with Crippen molar-refractivity contribution < 1.29 is 4.68 Å². The van der Waals surface area contributed by atoms with E-state index in [0.717, 1.165) is 0 Å². The molecule has 0 radical (unpaired) electrons. The lowest BCUT2D eigenvalue weighted by atomic mass is 10.6. The molecule has 0 saturated carbocycles. The van der Waals surface area contributed by atoms with Gasteiger partial charge in [0, 0.05) is 11.5 Å². The van der Waals surface area contributed by atoms with E-state index in [1.54, 1.807) is 4.68 Å². The summed E-state index contributed by atoms with van der Waals surface area (Å²) in [6.07, 6.45) is 1.99. The predicted molar refractivity (Wildman–Crippen MR) is 28.0 cm³/mol. The molecule has 0 saturated heterocycles. The number of rotatable bonds is 0. The number of aryl methyl sites for hydroxylation is 2. The molecule has 0 bridgehead atoms. The van der Waals surface area contributed by atoms with Crippen molar-refractivity contribution in [2.24, 2.45) is 7.05 Å². The Morgan fingerprint density at radius 3 is 2.71 bits per heavy atom. The van der Waals surface area contributed by atoms with Gasteiger partial charge in [-0.1, -0.05) is 4.68 Å². The molecule has 1 rings (SSSR count). The molecule has 1 aromatic heterocycles. The third kappa shape index (κ3) is 0.962. The van der Waals surface area contributed by atoms with Crippen molar-refractivity contribution in [1.82, 2.24) is 4.49 Å². The lowest BCUT2D eigenvalue weighted by Crippen LogP contribution is -2.27. The first-order valence-electron chi connectivity index (χ1n) is 2.08. The maximum absolute atomic E-state index is 3.97. The Kier molecular flexibility index (Phi) is 1.06. The van der Waals surface area contributed by atoms with Crippen LogP contribution in [-0.2, 0) is 7.05 Å². The van der Waals surface area contributed by atoms with E-state index in [1.807, 2.05) is 20.2 Å². The van der Waals surface area contributed by atoms with Crippen molar-refractivity contribution in [3.8, 4) is 0 Å². The molecule has 0 aliphatic rings. The number of hydrogen-bond acceptors (Lipinski definition) is 2. The summed E-state index contributed by atoms with van der Waals surface area (Å²) in [5.74, 6) is 0. The summed E-state index contributed by atoms with van der Waals surface area (Å²) in [4.78, 5) is 1.25. The second-order valence-electron chi connectivity index (χ2n) is 1.49. The first-order chi connectivity index (χ1) is 3.29. The van der Waals surface area contributed by atoms with Crippen molar-refractivity contribution in [2.75, 3.05) is 0 Å². The van der Waals surface area contributed by atoms with E-state index in [9.17, 15) is 0 Å². The zero-order valence-corrected chi connectivity index (χ0v) is 5.20. The Hall–Kier alpha value is -0.440. The highest BCUT2D eigenvalue weighted by Crippen LogP contribution is 1.93. The van der Waals surface area contributed by atoms with Crippen molar-refractivity contribution in [1.29, 1.82) is 0 Å². The Morgan fingerprint density at radius 2 is 2.57 bits per heavy atom. The molecule has 0 unspecified atom stereocenters. The topological polar surface area (TPSA) is 16.8 Å². The van der Waals surface area contributed by atoms with Crippen LogP contribution < -0.4 is 4.68 Å². The molecule has 0 spiro atoms. The summed E-state index contributed by atoms with van der Waals surface area (Å²) in [7, 11) is 1.92. The van der Waals surface area contributed by atoms with Crippen LogP contribution in [0.25, 0.3) is 0 Å². The van der Waals surface area contributed by atoms with Gasteiger partial charge in [0.15, 0.2) is 7.05 Å². The summed E-state index contributed by atoms with van der Waals surface area (Å²) in [5.41, 5.74) is 0. The average Bonchev–Trinajstić information content (AvgIpc) is 1.87. The molecule has 7 heavy (non-hydrogen) atoms. The Labute approximate surface area is 46.6 Å². The van der Waals surface area contributed by atoms with Gasteiger partial charge in [-0.05, 0) is 6.92 Å². The van der Waals surface area contributed by atoms with Crippen LogP contribution in [0.5, 0.6) is 0 Å². The standard InChI is InChI=1S/C4H7N2S/c1-4-3-6(2)5-7-4/h3H,1-2H3/q+1. The molecular formula is C4H7N2S+. The highest BCUT2D eigenvalue weighted by atomic mass is 32.1. The van der Waals surface area contributed by atoms with Crippen LogP contribution in [0.1, 0.15) is 4.88 Å². The molecule has 0 amide bonds. The summed E-state index contributed by atoms with van der Waals surface area (Å²) in [5, 5.41) is 0. The first-order valence-corrected chi connectivity index (χ1v) is 2.85. The van der Waals surface area contributed by atoms with E-state index in [-0.39, 0.29) is 0 Å². The van der Waals surface area contributed by atoms with Crippen molar-refractivity contribution in [2.45, 2.75) is 6.92 Å². The van der Waals surface area contributed by atoms with Gasteiger partial charge in [0.2, 0.25) is 6.20 Å². The highest BCUT2D eigenvalue weighted by Gasteiger charge is 1.94. The van der Waals surface area contributed by atoms with E-state index in [0.29, 0.717) is 0 Å². The minimum atomic E-state index is 1.25. The molecule has 0 atom stereocenters. The van der Waals surface area contributed by atoms with Gasteiger partial charge in [-0.2, -0.15) is 0 Å². The van der Waals surface area contributed by atoms with Gasteiger partial charge in [0.05, 0.1) is 9.37 Å². The predicted octanol–water partition coefficient (Wildman–Crippen LogP) is 0.276. The van der Waals surface area contributed by atoms with Crippen molar-refractivity contribution >= 4 is 11.5 Å². The van der Waals surface area contributed by atoms with Gasteiger partial charge in [0.25, 0.3) is 0 Å². The molecule has 0 aliphatic carbocycles. The molecule has 0 N–H and O–H groups in total. The highest BCUT2D eigenvalue weighted by molar-refractivity contribution is 7.05. The van der Waals surface area contributed by atoms with Crippen LogP contribution >= 0.6 is 11.5 Å². The summed E-state index contributed by atoms with van der Waals surface area (Å²) in [6.45, 7) is 2.04. The molecular weight excluding hydrogens is 108 g/mol. The van der Waals surface area contributed by atoms with Gasteiger partial charge in [-0.25, -0.2) is 0 Å². The molecule has 0 aromatic carbocycles. The fourth-order valence-corrected chi connectivity index (χ4v) is 0.943. The smallest absolute Gasteiger partial charge is 0.0817 e. The molecule has 2 nitrogen and oxygen atoms in total. The average molecular weight is 115 g/mol. The largest absolute Gasteiger partial charge is 0.211 e. The third-order valence-electron chi connectivity index (χ3n) is 0.682. The summed E-state index contributed by atoms with van der Waals surface area (Å²) in [6, 6.07) is 0.